The Morgan fingerprint density at radius 1 is 1.15 bits per heavy atom. The molecule has 0 atom stereocenters. The molecule has 1 heterocycles. The lowest BCUT2D eigenvalue weighted by molar-refractivity contribution is 1.52. The van der Waals surface area contributed by atoms with E-state index in [1.165, 1.54) is 20.5 Å². The fourth-order valence-electron chi connectivity index (χ4n) is 1.29. The highest BCUT2D eigenvalue weighted by Gasteiger charge is 2.05. The lowest BCUT2D eigenvalue weighted by atomic mass is 10.1. The van der Waals surface area contributed by atoms with Gasteiger partial charge in [-0.15, -0.1) is 11.3 Å². The van der Waals surface area contributed by atoms with Crippen molar-refractivity contribution in [3.63, 3.8) is 0 Å². The van der Waals surface area contributed by atoms with Crippen LogP contribution in [0.15, 0.2) is 40.2 Å². The van der Waals surface area contributed by atoms with Gasteiger partial charge in [-0.2, -0.15) is 0 Å². The van der Waals surface area contributed by atoms with Gasteiger partial charge in [0.1, 0.15) is 0 Å². The number of aryl methyl sites for hydroxylation is 1. The lowest BCUT2D eigenvalue weighted by Gasteiger charge is -2.01. The van der Waals surface area contributed by atoms with Crippen molar-refractivity contribution in [2.45, 2.75) is 6.92 Å². The van der Waals surface area contributed by atoms with Crippen molar-refractivity contribution >= 4 is 27.3 Å². The minimum Gasteiger partial charge on any atom is -0.144 e. The van der Waals surface area contributed by atoms with Crippen LogP contribution in [0.1, 0.15) is 5.56 Å². The van der Waals surface area contributed by atoms with E-state index in [1.54, 1.807) is 11.3 Å². The molecule has 0 amide bonds. The molecule has 0 saturated heterocycles. The van der Waals surface area contributed by atoms with E-state index in [4.69, 9.17) is 0 Å². The summed E-state index contributed by atoms with van der Waals surface area (Å²) >= 11 is 5.35. The molecule has 0 aliphatic rings. The van der Waals surface area contributed by atoms with E-state index in [1.807, 2.05) is 6.07 Å². The van der Waals surface area contributed by atoms with Crippen LogP contribution < -0.4 is 0 Å². The van der Waals surface area contributed by atoms with Crippen molar-refractivity contribution in [3.05, 3.63) is 45.7 Å². The molecular weight excluding hydrogens is 244 g/mol. The van der Waals surface area contributed by atoms with E-state index >= 15 is 0 Å². The van der Waals surface area contributed by atoms with Gasteiger partial charge in [0.15, 0.2) is 0 Å². The van der Waals surface area contributed by atoms with Crippen molar-refractivity contribution in [2.24, 2.45) is 0 Å². The Morgan fingerprint density at radius 2 is 1.92 bits per heavy atom. The molecule has 0 radical (unpaired) electrons. The van der Waals surface area contributed by atoms with Gasteiger partial charge in [-0.1, -0.05) is 34.1 Å². The highest BCUT2D eigenvalue weighted by Crippen LogP contribution is 2.33. The van der Waals surface area contributed by atoms with Crippen LogP contribution in [0.4, 0.5) is 0 Å². The Bertz CT molecular complexity index is 418. The fraction of sp³-hybridized carbons (Fsp3) is 0.0909. The smallest absolute Gasteiger partial charge is 0.0383 e. The van der Waals surface area contributed by atoms with Crippen molar-refractivity contribution in [1.29, 1.82) is 0 Å². The predicted molar refractivity (Wildman–Crippen MR) is 62.2 cm³/mol. The molecule has 2 rings (SSSR count). The summed E-state index contributed by atoms with van der Waals surface area (Å²) in [5.41, 5.74) is 2.63. The van der Waals surface area contributed by atoms with Gasteiger partial charge in [0.05, 0.1) is 0 Å². The number of hydrogen-bond donors (Lipinski definition) is 0. The maximum atomic E-state index is 3.56. The van der Waals surface area contributed by atoms with Crippen LogP contribution in [0.3, 0.4) is 0 Å². The van der Waals surface area contributed by atoms with Crippen LogP contribution in [-0.4, -0.2) is 0 Å². The highest BCUT2D eigenvalue weighted by atomic mass is 79.9. The second-order valence-electron chi connectivity index (χ2n) is 2.91. The van der Waals surface area contributed by atoms with E-state index in [0.717, 1.165) is 0 Å². The Balaban J connectivity index is 2.59. The molecule has 66 valence electrons. The van der Waals surface area contributed by atoms with Gasteiger partial charge in [-0.3, -0.25) is 0 Å². The summed E-state index contributed by atoms with van der Waals surface area (Å²) in [4.78, 5) is 1.35. The zero-order valence-electron chi connectivity index (χ0n) is 7.25. The molecule has 0 unspecified atom stereocenters. The summed E-state index contributed by atoms with van der Waals surface area (Å²) < 4.78 is 1.17. The molecule has 0 nitrogen and oxygen atoms in total. The summed E-state index contributed by atoms with van der Waals surface area (Å²) in [6.07, 6.45) is 0. The van der Waals surface area contributed by atoms with Gasteiger partial charge in [-0.05, 0) is 30.0 Å². The van der Waals surface area contributed by atoms with Gasteiger partial charge in [-0.25, -0.2) is 0 Å². The summed E-state index contributed by atoms with van der Waals surface area (Å²) in [6, 6.07) is 10.5. The molecule has 0 bridgehead atoms. The van der Waals surface area contributed by atoms with Crippen molar-refractivity contribution in [2.75, 3.05) is 0 Å². The molecule has 0 fully saturated rings. The maximum Gasteiger partial charge on any atom is 0.0383 e. The molecule has 0 aliphatic carbocycles. The largest absolute Gasteiger partial charge is 0.144 e. The highest BCUT2D eigenvalue weighted by molar-refractivity contribution is 9.10. The zero-order valence-corrected chi connectivity index (χ0v) is 9.65. The first-order chi connectivity index (χ1) is 6.29. The second kappa shape index (κ2) is 3.64. The summed E-state index contributed by atoms with van der Waals surface area (Å²) in [5, 5.41) is 2.13. The Morgan fingerprint density at radius 3 is 2.54 bits per heavy atom. The number of halogens is 1. The van der Waals surface area contributed by atoms with Gasteiger partial charge in [0.25, 0.3) is 0 Å². The molecule has 0 aliphatic heterocycles. The quantitative estimate of drug-likeness (QED) is 0.702. The third kappa shape index (κ3) is 1.69. The van der Waals surface area contributed by atoms with Crippen LogP contribution in [0.5, 0.6) is 0 Å². The van der Waals surface area contributed by atoms with Gasteiger partial charge < -0.3 is 0 Å². The molecular formula is C11H9BrS. The topological polar surface area (TPSA) is 0 Å². The average molecular weight is 253 g/mol. The molecule has 2 aromatic rings. The Labute approximate surface area is 90.4 Å². The first-order valence-electron chi connectivity index (χ1n) is 4.08. The van der Waals surface area contributed by atoms with E-state index < -0.39 is 0 Å². The number of rotatable bonds is 1. The van der Waals surface area contributed by atoms with Crippen LogP contribution in [-0.2, 0) is 0 Å². The average Bonchev–Trinajstić information content (AvgIpc) is 2.52. The maximum absolute atomic E-state index is 3.56. The summed E-state index contributed by atoms with van der Waals surface area (Å²) in [5.74, 6) is 0. The van der Waals surface area contributed by atoms with E-state index in [-0.39, 0.29) is 0 Å². The standard InChI is InChI=1S/C11H9BrS/c1-8-6-7-13-11(8)9-4-2-3-5-10(9)12/h2-7H,1H3. The molecule has 2 heteroatoms. The fourth-order valence-corrected chi connectivity index (χ4v) is 2.88. The van der Waals surface area contributed by atoms with Gasteiger partial charge >= 0.3 is 0 Å². The molecule has 13 heavy (non-hydrogen) atoms. The summed E-state index contributed by atoms with van der Waals surface area (Å²) in [6.45, 7) is 2.14. The first-order valence-corrected chi connectivity index (χ1v) is 5.75. The monoisotopic (exact) mass is 252 g/mol. The predicted octanol–water partition coefficient (Wildman–Crippen LogP) is 4.49. The third-order valence-electron chi connectivity index (χ3n) is 1.98. The van der Waals surface area contributed by atoms with Crippen molar-refractivity contribution in [1.82, 2.24) is 0 Å². The minimum atomic E-state index is 1.17. The SMILES string of the molecule is Cc1ccsc1-c1ccccc1Br. The van der Waals surface area contributed by atoms with Crippen molar-refractivity contribution in [3.8, 4) is 10.4 Å². The molecule has 0 N–H and O–H groups in total. The van der Waals surface area contributed by atoms with Crippen LogP contribution in [0, 0.1) is 6.92 Å². The van der Waals surface area contributed by atoms with Crippen LogP contribution in [0.2, 0.25) is 0 Å². The Kier molecular flexibility index (Phi) is 2.51. The van der Waals surface area contributed by atoms with E-state index in [0.29, 0.717) is 0 Å². The normalized spacial score (nSPS) is 10.3. The van der Waals surface area contributed by atoms with Gasteiger partial charge in [0.2, 0.25) is 0 Å². The molecule has 1 aromatic heterocycles. The Hall–Kier alpha value is -0.600. The van der Waals surface area contributed by atoms with E-state index in [2.05, 4.69) is 52.5 Å². The molecule has 0 spiro atoms. The van der Waals surface area contributed by atoms with Crippen LogP contribution >= 0.6 is 27.3 Å². The third-order valence-corrected chi connectivity index (χ3v) is 3.72. The number of thiophene rings is 1. The number of hydrogen-bond acceptors (Lipinski definition) is 1. The van der Waals surface area contributed by atoms with Gasteiger partial charge in [0, 0.05) is 14.9 Å². The first kappa shape index (κ1) is 8.97. The molecule has 0 saturated carbocycles. The number of benzene rings is 1. The second-order valence-corrected chi connectivity index (χ2v) is 4.68. The molecule has 1 aromatic carbocycles. The van der Waals surface area contributed by atoms with Crippen LogP contribution in [0.25, 0.3) is 10.4 Å². The minimum absolute atomic E-state index is 1.17. The lowest BCUT2D eigenvalue weighted by Crippen LogP contribution is -1.76. The zero-order chi connectivity index (χ0) is 9.26. The van der Waals surface area contributed by atoms with E-state index in [9.17, 15) is 0 Å². The summed E-state index contributed by atoms with van der Waals surface area (Å²) in [7, 11) is 0. The van der Waals surface area contributed by atoms with Crippen molar-refractivity contribution < 1.29 is 0 Å².